The van der Waals surface area contributed by atoms with Crippen LogP contribution < -0.4 is 10.6 Å². The third-order valence-electron chi connectivity index (χ3n) is 5.07. The number of ether oxygens (including phenoxy) is 1. The molecule has 7 nitrogen and oxygen atoms in total. The van der Waals surface area contributed by atoms with Crippen molar-refractivity contribution in [1.29, 1.82) is 0 Å². The Morgan fingerprint density at radius 1 is 1.00 bits per heavy atom. The van der Waals surface area contributed by atoms with Crippen molar-refractivity contribution in [1.82, 2.24) is 5.32 Å². The van der Waals surface area contributed by atoms with Crippen molar-refractivity contribution >= 4 is 23.5 Å². The van der Waals surface area contributed by atoms with Gasteiger partial charge >= 0.3 is 5.97 Å². The first kappa shape index (κ1) is 22.8. The van der Waals surface area contributed by atoms with Crippen LogP contribution >= 0.6 is 0 Å². The molecule has 3 aromatic rings. The van der Waals surface area contributed by atoms with Crippen molar-refractivity contribution in [2.75, 3.05) is 11.9 Å². The van der Waals surface area contributed by atoms with Crippen molar-refractivity contribution in [2.45, 2.75) is 32.8 Å². The summed E-state index contributed by atoms with van der Waals surface area (Å²) in [6, 6.07) is 17.8. The summed E-state index contributed by atoms with van der Waals surface area (Å²) in [5.74, 6) is -1.17. The molecule has 2 aromatic carbocycles. The summed E-state index contributed by atoms with van der Waals surface area (Å²) in [4.78, 5) is 37.2. The molecule has 2 amide bonds. The zero-order valence-corrected chi connectivity index (χ0v) is 18.3. The zero-order chi connectivity index (χ0) is 23.1. The van der Waals surface area contributed by atoms with E-state index in [1.807, 2.05) is 37.3 Å². The zero-order valence-electron chi connectivity index (χ0n) is 18.3. The van der Waals surface area contributed by atoms with Crippen LogP contribution in [-0.4, -0.2) is 30.4 Å². The van der Waals surface area contributed by atoms with Gasteiger partial charge in [0, 0.05) is 12.2 Å². The van der Waals surface area contributed by atoms with Crippen LogP contribution in [-0.2, 0) is 9.53 Å². The molecule has 2 N–H and O–H groups in total. The van der Waals surface area contributed by atoms with Crippen LogP contribution in [0.3, 0.4) is 0 Å². The molecule has 7 heteroatoms. The third-order valence-corrected chi connectivity index (χ3v) is 5.07. The molecule has 0 unspecified atom stereocenters. The molecule has 0 radical (unpaired) electrons. The lowest BCUT2D eigenvalue weighted by molar-refractivity contribution is -0.129. The minimum Gasteiger partial charge on any atom is -0.459 e. The van der Waals surface area contributed by atoms with Crippen LogP contribution in [0.15, 0.2) is 71.3 Å². The number of esters is 1. The van der Waals surface area contributed by atoms with Gasteiger partial charge in [-0.05, 0) is 55.2 Å². The number of hydrogen-bond donors (Lipinski definition) is 2. The summed E-state index contributed by atoms with van der Waals surface area (Å²) in [5, 5.41) is 5.53. The second-order valence-electron chi connectivity index (χ2n) is 7.57. The number of furan rings is 1. The molecule has 0 spiro atoms. The minimum absolute atomic E-state index is 0.125. The lowest BCUT2D eigenvalue weighted by atomic mass is 10.0. The largest absolute Gasteiger partial charge is 0.459 e. The van der Waals surface area contributed by atoms with E-state index in [0.717, 1.165) is 11.1 Å². The summed E-state index contributed by atoms with van der Waals surface area (Å²) in [7, 11) is 0. The first-order chi connectivity index (χ1) is 15.3. The Bertz CT molecular complexity index is 1080. The van der Waals surface area contributed by atoms with Gasteiger partial charge in [-0.25, -0.2) is 4.79 Å². The average Bonchev–Trinajstić information content (AvgIpc) is 3.34. The predicted octanol–water partition coefficient (Wildman–Crippen LogP) is 4.31. The molecule has 3 rings (SSSR count). The fourth-order valence-corrected chi connectivity index (χ4v) is 3.05. The highest BCUT2D eigenvalue weighted by molar-refractivity contribution is 6.03. The average molecular weight is 434 g/mol. The van der Waals surface area contributed by atoms with Crippen LogP contribution in [0, 0.1) is 6.92 Å². The standard InChI is InChI=1S/C25H26N2O5/c1-16-11-12-20(14-21(16)27-24(29)22-10-7-13-31-22)25(30)32-18(3)23(28)26-15-17(2)19-8-5-4-6-9-19/h4-14,17-18H,15H2,1-3H3,(H,26,28)(H,27,29)/t17-,18+/m0/s1. The van der Waals surface area contributed by atoms with E-state index in [4.69, 9.17) is 9.15 Å². The number of carbonyl (C=O) groups is 3. The van der Waals surface area contributed by atoms with Crippen LogP contribution in [0.25, 0.3) is 0 Å². The van der Waals surface area contributed by atoms with Gasteiger partial charge in [0.1, 0.15) is 0 Å². The van der Waals surface area contributed by atoms with Gasteiger partial charge in [-0.1, -0.05) is 43.3 Å². The van der Waals surface area contributed by atoms with Crippen LogP contribution in [0.4, 0.5) is 5.69 Å². The van der Waals surface area contributed by atoms with E-state index in [1.165, 1.54) is 19.3 Å². The number of benzene rings is 2. The highest BCUT2D eigenvalue weighted by atomic mass is 16.5. The van der Waals surface area contributed by atoms with Crippen molar-refractivity contribution < 1.29 is 23.5 Å². The molecule has 0 aliphatic rings. The summed E-state index contributed by atoms with van der Waals surface area (Å²) >= 11 is 0. The molecular weight excluding hydrogens is 408 g/mol. The van der Waals surface area contributed by atoms with E-state index in [1.54, 1.807) is 31.2 Å². The number of nitrogens with one attached hydrogen (secondary N) is 2. The Hall–Kier alpha value is -3.87. The van der Waals surface area contributed by atoms with E-state index in [0.29, 0.717) is 12.2 Å². The first-order valence-corrected chi connectivity index (χ1v) is 10.3. The van der Waals surface area contributed by atoms with E-state index in [2.05, 4.69) is 10.6 Å². The molecular formula is C25H26N2O5. The maximum Gasteiger partial charge on any atom is 0.338 e. The number of hydrogen-bond acceptors (Lipinski definition) is 5. The summed E-state index contributed by atoms with van der Waals surface area (Å²) in [6.07, 6.45) is 0.440. The maximum atomic E-state index is 12.6. The van der Waals surface area contributed by atoms with Gasteiger partial charge in [0.25, 0.3) is 11.8 Å². The van der Waals surface area contributed by atoms with Crippen molar-refractivity contribution in [2.24, 2.45) is 0 Å². The third kappa shape index (κ3) is 5.85. The SMILES string of the molecule is Cc1ccc(C(=O)O[C@H](C)C(=O)NC[C@H](C)c2ccccc2)cc1NC(=O)c1ccco1. The summed E-state index contributed by atoms with van der Waals surface area (Å²) < 4.78 is 10.4. The molecule has 0 fully saturated rings. The molecule has 166 valence electrons. The van der Waals surface area contributed by atoms with Crippen molar-refractivity contribution in [3.63, 3.8) is 0 Å². The molecule has 0 aliphatic carbocycles. The Morgan fingerprint density at radius 2 is 1.75 bits per heavy atom. The monoisotopic (exact) mass is 434 g/mol. The lowest BCUT2D eigenvalue weighted by Crippen LogP contribution is -2.37. The van der Waals surface area contributed by atoms with E-state index < -0.39 is 18.0 Å². The molecule has 0 bridgehead atoms. The van der Waals surface area contributed by atoms with Gasteiger partial charge in [-0.15, -0.1) is 0 Å². The van der Waals surface area contributed by atoms with Crippen molar-refractivity contribution in [3.05, 3.63) is 89.4 Å². The van der Waals surface area contributed by atoms with Gasteiger partial charge < -0.3 is 19.8 Å². The highest BCUT2D eigenvalue weighted by Gasteiger charge is 2.20. The molecule has 0 aliphatic heterocycles. The van der Waals surface area contributed by atoms with Crippen molar-refractivity contribution in [3.8, 4) is 0 Å². The van der Waals surface area contributed by atoms with Gasteiger partial charge in [-0.3, -0.25) is 9.59 Å². The van der Waals surface area contributed by atoms with Gasteiger partial charge in [0.05, 0.1) is 11.8 Å². The number of rotatable bonds is 8. The van der Waals surface area contributed by atoms with Crippen LogP contribution in [0.2, 0.25) is 0 Å². The predicted molar refractivity (Wildman–Crippen MR) is 121 cm³/mol. The van der Waals surface area contributed by atoms with E-state index in [9.17, 15) is 14.4 Å². The second-order valence-corrected chi connectivity index (χ2v) is 7.57. The quantitative estimate of drug-likeness (QED) is 0.515. The highest BCUT2D eigenvalue weighted by Crippen LogP contribution is 2.19. The second kappa shape index (κ2) is 10.4. The number of carbonyl (C=O) groups excluding carboxylic acids is 3. The number of anilines is 1. The molecule has 0 saturated heterocycles. The van der Waals surface area contributed by atoms with Crippen LogP contribution in [0.1, 0.15) is 51.8 Å². The Labute approximate surface area is 186 Å². The van der Waals surface area contributed by atoms with Gasteiger partial charge in [0.15, 0.2) is 11.9 Å². The Kier molecular flexibility index (Phi) is 7.44. The number of aryl methyl sites for hydroxylation is 1. The summed E-state index contributed by atoms with van der Waals surface area (Å²) in [5.41, 5.74) is 2.56. The van der Waals surface area contributed by atoms with Gasteiger partial charge in [-0.2, -0.15) is 0 Å². The normalized spacial score (nSPS) is 12.5. The first-order valence-electron chi connectivity index (χ1n) is 10.3. The molecule has 0 saturated carbocycles. The molecule has 2 atom stereocenters. The minimum atomic E-state index is -0.965. The fraction of sp³-hybridized carbons (Fsp3) is 0.240. The Morgan fingerprint density at radius 3 is 2.44 bits per heavy atom. The fourth-order valence-electron chi connectivity index (χ4n) is 3.05. The van der Waals surface area contributed by atoms with Gasteiger partial charge in [0.2, 0.25) is 0 Å². The molecule has 1 aromatic heterocycles. The topological polar surface area (TPSA) is 97.6 Å². The smallest absolute Gasteiger partial charge is 0.338 e. The number of amides is 2. The van der Waals surface area contributed by atoms with E-state index >= 15 is 0 Å². The lowest BCUT2D eigenvalue weighted by Gasteiger charge is -2.17. The Balaban J connectivity index is 1.57. The van der Waals surface area contributed by atoms with Crippen LogP contribution in [0.5, 0.6) is 0 Å². The molecule has 32 heavy (non-hydrogen) atoms. The summed E-state index contributed by atoms with van der Waals surface area (Å²) in [6.45, 7) is 5.76. The molecule has 1 heterocycles. The maximum absolute atomic E-state index is 12.6. The van der Waals surface area contributed by atoms with E-state index in [-0.39, 0.29) is 23.1 Å².